The third kappa shape index (κ3) is 3.77. The Morgan fingerprint density at radius 3 is 2.50 bits per heavy atom. The Hall–Kier alpha value is -2.02. The molecule has 2 heterocycles. The number of pyridine rings is 1. The molecule has 1 aromatic rings. The molecule has 28 heavy (non-hydrogen) atoms. The fraction of sp³-hybridized carbons (Fsp3) is 0.571. The molecule has 1 aromatic heterocycles. The predicted molar refractivity (Wildman–Crippen MR) is 107 cm³/mol. The summed E-state index contributed by atoms with van der Waals surface area (Å²) in [5, 5.41) is 1.23. The first-order chi connectivity index (χ1) is 13.5. The molecule has 2 saturated carbocycles. The van der Waals surface area contributed by atoms with Gasteiger partial charge in [-0.05, 0) is 43.7 Å². The fourth-order valence-corrected chi connectivity index (χ4v) is 5.74. The van der Waals surface area contributed by atoms with Crippen molar-refractivity contribution < 1.29 is 19.1 Å². The van der Waals surface area contributed by atoms with Gasteiger partial charge in [0.1, 0.15) is 10.8 Å². The van der Waals surface area contributed by atoms with Gasteiger partial charge in [-0.2, -0.15) is 0 Å². The molecule has 0 radical (unpaired) electrons. The lowest BCUT2D eigenvalue weighted by Crippen LogP contribution is -2.27. The quantitative estimate of drug-likeness (QED) is 0.531. The number of methoxy groups -OCH3 is 1. The summed E-state index contributed by atoms with van der Waals surface area (Å²) in [4.78, 5) is 31.3. The smallest absolute Gasteiger partial charge is 0.345 e. The molecular weight excluding hydrogens is 376 g/mol. The number of anilines is 1. The van der Waals surface area contributed by atoms with E-state index in [2.05, 4.69) is 11.5 Å². The van der Waals surface area contributed by atoms with Crippen molar-refractivity contribution in [2.45, 2.75) is 42.9 Å². The molecule has 0 unspecified atom stereocenters. The molecular formula is C21H26N2O4S. The first-order valence-electron chi connectivity index (χ1n) is 9.86. The average molecular weight is 403 g/mol. The highest BCUT2D eigenvalue weighted by Crippen LogP contribution is 2.53. The number of allylic oxidation sites excluding steroid dienone is 1. The molecule has 0 spiro atoms. The number of carbonyl (C=O) groups excluding carboxylic acids is 2. The second kappa shape index (κ2) is 7.78. The number of esters is 2. The van der Waals surface area contributed by atoms with E-state index in [0.29, 0.717) is 28.4 Å². The van der Waals surface area contributed by atoms with Gasteiger partial charge in [0.05, 0.1) is 24.4 Å². The van der Waals surface area contributed by atoms with E-state index in [-0.39, 0.29) is 11.9 Å². The van der Waals surface area contributed by atoms with Crippen LogP contribution >= 0.6 is 11.8 Å². The van der Waals surface area contributed by atoms with Crippen molar-refractivity contribution in [2.24, 2.45) is 17.8 Å². The maximum atomic E-state index is 12.5. The van der Waals surface area contributed by atoms with Gasteiger partial charge in [0.15, 0.2) is 0 Å². The van der Waals surface area contributed by atoms with E-state index in [1.165, 1.54) is 20.0 Å². The second-order valence-electron chi connectivity index (χ2n) is 7.92. The summed E-state index contributed by atoms with van der Waals surface area (Å²) < 4.78 is 10.1. The third-order valence-corrected chi connectivity index (χ3v) is 7.24. The SMILES string of the molecule is C=C(C)OC(=O)c1ccc(N2C[C@@H]3[C@H](C2)[C@H]3C(=O)OC)nc1SC1CCCC1. The largest absolute Gasteiger partial charge is 0.469 e. The zero-order chi connectivity index (χ0) is 19.8. The molecule has 0 amide bonds. The van der Waals surface area contributed by atoms with Gasteiger partial charge in [0, 0.05) is 18.3 Å². The van der Waals surface area contributed by atoms with Crippen LogP contribution in [0, 0.1) is 17.8 Å². The third-order valence-electron chi connectivity index (χ3n) is 5.90. The molecule has 0 bridgehead atoms. The number of ether oxygens (including phenoxy) is 2. The Bertz CT molecular complexity index is 794. The zero-order valence-corrected chi connectivity index (χ0v) is 17.2. The van der Waals surface area contributed by atoms with E-state index >= 15 is 0 Å². The predicted octanol–water partition coefficient (Wildman–Crippen LogP) is 3.66. The average Bonchev–Trinajstić information content (AvgIpc) is 3.04. The minimum absolute atomic E-state index is 0.0402. The van der Waals surface area contributed by atoms with E-state index in [1.54, 1.807) is 18.7 Å². The standard InChI is InChI=1S/C21H26N2O4S/c1-12(2)27-20(24)14-8-9-17(22-19(14)28-13-6-4-5-7-13)23-10-15-16(11-23)18(15)21(25)26-3/h8-9,13,15-16,18H,1,4-7,10-11H2,2-3H3/t15-,16+,18+. The molecule has 1 saturated heterocycles. The van der Waals surface area contributed by atoms with E-state index in [1.807, 2.05) is 12.1 Å². The van der Waals surface area contributed by atoms with Crippen molar-refractivity contribution in [1.29, 1.82) is 0 Å². The minimum Gasteiger partial charge on any atom is -0.469 e. The van der Waals surface area contributed by atoms with Gasteiger partial charge in [-0.15, -0.1) is 11.8 Å². The number of hydrogen-bond acceptors (Lipinski definition) is 7. The van der Waals surface area contributed by atoms with Crippen molar-refractivity contribution in [3.63, 3.8) is 0 Å². The minimum atomic E-state index is -0.401. The number of rotatable bonds is 6. The number of piperidine rings is 1. The Morgan fingerprint density at radius 1 is 1.21 bits per heavy atom. The van der Waals surface area contributed by atoms with Gasteiger partial charge < -0.3 is 14.4 Å². The summed E-state index contributed by atoms with van der Waals surface area (Å²) >= 11 is 1.68. The highest BCUT2D eigenvalue weighted by Gasteiger charge is 2.60. The van der Waals surface area contributed by atoms with Crippen LogP contribution in [0.5, 0.6) is 0 Å². The molecule has 1 aliphatic heterocycles. The topological polar surface area (TPSA) is 68.7 Å². The molecule has 3 aliphatic rings. The van der Waals surface area contributed by atoms with E-state index in [4.69, 9.17) is 14.5 Å². The van der Waals surface area contributed by atoms with Crippen LogP contribution in [0.1, 0.15) is 43.0 Å². The number of carbonyl (C=O) groups is 2. The van der Waals surface area contributed by atoms with Gasteiger partial charge in [0.2, 0.25) is 0 Å². The van der Waals surface area contributed by atoms with Crippen LogP contribution in [-0.4, -0.2) is 42.4 Å². The van der Waals surface area contributed by atoms with Gasteiger partial charge in [0.25, 0.3) is 0 Å². The van der Waals surface area contributed by atoms with E-state index in [0.717, 1.165) is 36.8 Å². The van der Waals surface area contributed by atoms with Crippen LogP contribution in [-0.2, 0) is 14.3 Å². The van der Waals surface area contributed by atoms with Gasteiger partial charge in [-0.1, -0.05) is 19.4 Å². The second-order valence-corrected chi connectivity index (χ2v) is 9.21. The van der Waals surface area contributed by atoms with Crippen LogP contribution in [0.3, 0.4) is 0 Å². The summed E-state index contributed by atoms with van der Waals surface area (Å²) in [6, 6.07) is 3.69. The summed E-state index contributed by atoms with van der Waals surface area (Å²) in [5.74, 6) is 1.49. The maximum Gasteiger partial charge on any atom is 0.345 e. The molecule has 4 rings (SSSR count). The van der Waals surface area contributed by atoms with Crippen LogP contribution < -0.4 is 4.90 Å². The Morgan fingerprint density at radius 2 is 1.89 bits per heavy atom. The van der Waals surface area contributed by atoms with E-state index < -0.39 is 5.97 Å². The lowest BCUT2D eigenvalue weighted by Gasteiger charge is -2.22. The van der Waals surface area contributed by atoms with Crippen molar-refractivity contribution in [1.82, 2.24) is 4.98 Å². The number of thioether (sulfide) groups is 1. The summed E-state index contributed by atoms with van der Waals surface area (Å²) in [6.45, 7) is 6.94. The van der Waals surface area contributed by atoms with Crippen molar-refractivity contribution in [2.75, 3.05) is 25.1 Å². The van der Waals surface area contributed by atoms with Crippen molar-refractivity contribution in [3.05, 3.63) is 30.0 Å². The molecule has 0 aromatic carbocycles. The molecule has 2 aliphatic carbocycles. The summed E-state index contributed by atoms with van der Waals surface area (Å²) in [7, 11) is 1.45. The van der Waals surface area contributed by atoms with Crippen molar-refractivity contribution >= 4 is 29.5 Å². The number of aromatic nitrogens is 1. The van der Waals surface area contributed by atoms with Crippen LogP contribution in [0.2, 0.25) is 0 Å². The molecule has 3 fully saturated rings. The van der Waals surface area contributed by atoms with Gasteiger partial charge in [-0.3, -0.25) is 4.79 Å². The van der Waals surface area contributed by atoms with E-state index in [9.17, 15) is 9.59 Å². The Labute approximate surface area is 169 Å². The number of hydrogen-bond donors (Lipinski definition) is 0. The number of fused-ring (bicyclic) bond motifs is 1. The molecule has 150 valence electrons. The monoisotopic (exact) mass is 402 g/mol. The normalized spacial score (nSPS) is 26.1. The maximum absolute atomic E-state index is 12.5. The van der Waals surface area contributed by atoms with Gasteiger partial charge >= 0.3 is 11.9 Å². The van der Waals surface area contributed by atoms with Crippen LogP contribution in [0.25, 0.3) is 0 Å². The summed E-state index contributed by atoms with van der Waals surface area (Å²) in [5.41, 5.74) is 0.500. The molecule has 0 N–H and O–H groups in total. The fourth-order valence-electron chi connectivity index (χ4n) is 4.43. The van der Waals surface area contributed by atoms with Crippen molar-refractivity contribution in [3.8, 4) is 0 Å². The van der Waals surface area contributed by atoms with Gasteiger partial charge in [-0.25, -0.2) is 9.78 Å². The van der Waals surface area contributed by atoms with Crippen LogP contribution in [0.15, 0.2) is 29.5 Å². The summed E-state index contributed by atoms with van der Waals surface area (Å²) in [6.07, 6.45) is 4.76. The van der Waals surface area contributed by atoms with Crippen LogP contribution in [0.4, 0.5) is 5.82 Å². The highest BCUT2D eigenvalue weighted by atomic mass is 32.2. The Kier molecular flexibility index (Phi) is 5.36. The lowest BCUT2D eigenvalue weighted by molar-refractivity contribution is -0.142. The first kappa shape index (κ1) is 19.3. The molecule has 3 atom stereocenters. The lowest BCUT2D eigenvalue weighted by atomic mass is 10.2. The first-order valence-corrected chi connectivity index (χ1v) is 10.7. The zero-order valence-electron chi connectivity index (χ0n) is 16.3. The number of nitrogens with zero attached hydrogens (tertiary/aromatic N) is 2. The molecule has 6 nitrogen and oxygen atoms in total. The Balaban J connectivity index is 1.52. The molecule has 7 heteroatoms. The highest BCUT2D eigenvalue weighted by molar-refractivity contribution is 7.99.